The summed E-state index contributed by atoms with van der Waals surface area (Å²) >= 11 is 8.29. The van der Waals surface area contributed by atoms with Crippen molar-refractivity contribution in [2.45, 2.75) is 12.1 Å². The molecule has 2 aromatic carbocycles. The zero-order valence-electron chi connectivity index (χ0n) is 16.2. The third-order valence-electron chi connectivity index (χ3n) is 4.43. The number of hydrogen-bond acceptors (Lipinski definition) is 6. The number of nitrogens with zero attached hydrogens (tertiary/aromatic N) is 3. The molecule has 0 saturated heterocycles. The van der Waals surface area contributed by atoms with Gasteiger partial charge in [-0.1, -0.05) is 59.3 Å². The number of benzene rings is 2. The molecular formula is C21H17ClN4O2S2. The minimum atomic E-state index is -0.209. The Hall–Kier alpha value is -2.68. The number of amides is 1. The largest absolute Gasteiger partial charge is 0.325 e. The number of rotatable bonds is 5. The van der Waals surface area contributed by atoms with Crippen molar-refractivity contribution in [2.24, 2.45) is 7.05 Å². The van der Waals surface area contributed by atoms with Crippen LogP contribution in [-0.4, -0.2) is 25.6 Å². The Balaban J connectivity index is 1.60. The maximum absolute atomic E-state index is 12.8. The smallest absolute Gasteiger partial charge is 0.273 e. The molecule has 30 heavy (non-hydrogen) atoms. The van der Waals surface area contributed by atoms with Crippen LogP contribution in [0.5, 0.6) is 0 Å². The lowest BCUT2D eigenvalue weighted by Crippen LogP contribution is -2.20. The van der Waals surface area contributed by atoms with Crippen molar-refractivity contribution in [1.82, 2.24) is 13.9 Å². The van der Waals surface area contributed by atoms with Crippen LogP contribution in [-0.2, 0) is 11.8 Å². The number of nitrogens with one attached hydrogen (secondary N) is 1. The summed E-state index contributed by atoms with van der Waals surface area (Å²) in [6.07, 6.45) is 0. The number of anilines is 1. The zero-order chi connectivity index (χ0) is 21.3. The topological polar surface area (TPSA) is 76.9 Å². The first-order valence-corrected chi connectivity index (χ1v) is 11.2. The van der Waals surface area contributed by atoms with Gasteiger partial charge in [0.15, 0.2) is 5.16 Å². The number of fused-ring (bicyclic) bond motifs is 1. The molecule has 0 fully saturated rings. The Labute approximate surface area is 186 Å². The number of aryl methyl sites for hydroxylation is 1. The highest BCUT2D eigenvalue weighted by Gasteiger charge is 2.17. The predicted octanol–water partition coefficient (Wildman–Crippen LogP) is 4.75. The van der Waals surface area contributed by atoms with E-state index in [2.05, 4.69) is 14.7 Å². The lowest BCUT2D eigenvalue weighted by atomic mass is 10.1. The summed E-state index contributed by atoms with van der Waals surface area (Å²) in [5, 5.41) is 3.80. The molecule has 4 rings (SSSR count). The van der Waals surface area contributed by atoms with Gasteiger partial charge in [-0.2, -0.15) is 4.37 Å². The van der Waals surface area contributed by atoms with Crippen LogP contribution in [0, 0.1) is 6.92 Å². The third-order valence-corrected chi connectivity index (χ3v) is 6.52. The minimum Gasteiger partial charge on any atom is -0.325 e. The first-order valence-electron chi connectivity index (χ1n) is 9.04. The molecule has 2 heterocycles. The van der Waals surface area contributed by atoms with Crippen molar-refractivity contribution >= 4 is 56.7 Å². The molecule has 0 radical (unpaired) electrons. The highest BCUT2D eigenvalue weighted by molar-refractivity contribution is 7.99. The van der Waals surface area contributed by atoms with Gasteiger partial charge in [0.05, 0.1) is 5.75 Å². The molecule has 0 aliphatic carbocycles. The quantitative estimate of drug-likeness (QED) is 0.346. The van der Waals surface area contributed by atoms with Gasteiger partial charge in [-0.25, -0.2) is 4.98 Å². The molecule has 1 N–H and O–H groups in total. The summed E-state index contributed by atoms with van der Waals surface area (Å²) in [7, 11) is 1.65. The van der Waals surface area contributed by atoms with Crippen molar-refractivity contribution in [2.75, 3.05) is 11.1 Å². The van der Waals surface area contributed by atoms with Crippen LogP contribution in [0.1, 0.15) is 5.56 Å². The summed E-state index contributed by atoms with van der Waals surface area (Å²) in [6.45, 7) is 2.01. The predicted molar refractivity (Wildman–Crippen MR) is 124 cm³/mol. The average molecular weight is 457 g/mol. The summed E-state index contributed by atoms with van der Waals surface area (Å²) in [5.74, 6) is -0.103. The molecule has 4 aromatic rings. The van der Waals surface area contributed by atoms with Gasteiger partial charge in [-0.3, -0.25) is 14.2 Å². The van der Waals surface area contributed by atoms with E-state index < -0.39 is 0 Å². The van der Waals surface area contributed by atoms with Crippen LogP contribution in [0.15, 0.2) is 58.5 Å². The Kier molecular flexibility index (Phi) is 5.90. The van der Waals surface area contributed by atoms with Crippen LogP contribution in [0.25, 0.3) is 21.5 Å². The fourth-order valence-corrected chi connectivity index (χ4v) is 4.64. The van der Waals surface area contributed by atoms with Gasteiger partial charge in [0.2, 0.25) is 5.91 Å². The second-order valence-corrected chi connectivity index (χ2v) is 8.83. The van der Waals surface area contributed by atoms with Gasteiger partial charge in [0.25, 0.3) is 5.56 Å². The first-order chi connectivity index (χ1) is 14.4. The maximum atomic E-state index is 12.8. The molecular weight excluding hydrogens is 440 g/mol. The number of hydrogen-bond donors (Lipinski definition) is 1. The molecule has 2 aromatic heterocycles. The second kappa shape index (κ2) is 8.59. The fourth-order valence-electron chi connectivity index (χ4n) is 2.86. The Morgan fingerprint density at radius 2 is 2.00 bits per heavy atom. The molecule has 0 unspecified atom stereocenters. The molecule has 0 saturated carbocycles. The van der Waals surface area contributed by atoms with Crippen molar-refractivity contribution in [3.63, 3.8) is 0 Å². The number of halogens is 1. The second-order valence-electron chi connectivity index (χ2n) is 6.68. The van der Waals surface area contributed by atoms with E-state index in [1.807, 2.05) is 31.2 Å². The van der Waals surface area contributed by atoms with E-state index in [1.54, 1.807) is 31.3 Å². The Morgan fingerprint density at radius 3 is 2.73 bits per heavy atom. The number of thioether (sulfide) groups is 1. The zero-order valence-corrected chi connectivity index (χ0v) is 18.6. The van der Waals surface area contributed by atoms with Crippen LogP contribution in [0.3, 0.4) is 0 Å². The fraction of sp³-hybridized carbons (Fsp3) is 0.143. The van der Waals surface area contributed by atoms with Gasteiger partial charge < -0.3 is 5.32 Å². The standard InChI is InChI=1S/C21H17ClN4O2S2/c1-12-6-8-13(9-7-12)17-18-19(30-25-17)20(28)26(2)21(24-18)29-11-16(27)23-15-5-3-4-14(22)10-15/h3-10H,11H2,1-2H3,(H,23,27). The summed E-state index contributed by atoms with van der Waals surface area (Å²) in [6, 6.07) is 14.9. The first kappa shape index (κ1) is 20.6. The highest BCUT2D eigenvalue weighted by Crippen LogP contribution is 2.29. The number of aromatic nitrogens is 3. The molecule has 0 spiro atoms. The number of carbonyl (C=O) groups is 1. The number of carbonyl (C=O) groups excluding carboxylic acids is 1. The molecule has 0 bridgehead atoms. The van der Waals surface area contributed by atoms with Crippen LogP contribution >= 0.6 is 34.9 Å². The molecule has 6 nitrogen and oxygen atoms in total. The molecule has 0 aliphatic rings. The van der Waals surface area contributed by atoms with E-state index in [0.717, 1.165) is 22.7 Å². The Bertz CT molecular complexity index is 1300. The molecule has 1 amide bonds. The third kappa shape index (κ3) is 4.26. The van der Waals surface area contributed by atoms with Crippen molar-refractivity contribution < 1.29 is 4.79 Å². The summed E-state index contributed by atoms with van der Waals surface area (Å²) < 4.78 is 6.42. The van der Waals surface area contributed by atoms with Crippen LogP contribution in [0.4, 0.5) is 5.69 Å². The van der Waals surface area contributed by atoms with Gasteiger partial charge >= 0.3 is 0 Å². The minimum absolute atomic E-state index is 0.107. The molecule has 9 heteroatoms. The van der Waals surface area contributed by atoms with Crippen LogP contribution < -0.4 is 10.9 Å². The van der Waals surface area contributed by atoms with Gasteiger partial charge in [0.1, 0.15) is 15.9 Å². The normalized spacial score (nSPS) is 11.0. The lowest BCUT2D eigenvalue weighted by Gasteiger charge is -2.08. The SMILES string of the molecule is Cc1ccc(-c2nsc3c(=O)n(C)c(SCC(=O)Nc4cccc(Cl)c4)nc23)cc1. The monoisotopic (exact) mass is 456 g/mol. The molecule has 0 aliphatic heterocycles. The van der Waals surface area contributed by atoms with E-state index >= 15 is 0 Å². The summed E-state index contributed by atoms with van der Waals surface area (Å²) in [5.41, 5.74) is 3.73. The van der Waals surface area contributed by atoms with E-state index in [-0.39, 0.29) is 17.2 Å². The van der Waals surface area contributed by atoms with Gasteiger partial charge in [0, 0.05) is 23.3 Å². The highest BCUT2D eigenvalue weighted by atomic mass is 35.5. The van der Waals surface area contributed by atoms with Crippen molar-refractivity contribution in [1.29, 1.82) is 0 Å². The van der Waals surface area contributed by atoms with Crippen LogP contribution in [0.2, 0.25) is 5.02 Å². The van der Waals surface area contributed by atoms with E-state index in [9.17, 15) is 9.59 Å². The van der Waals surface area contributed by atoms with Gasteiger partial charge in [-0.15, -0.1) is 0 Å². The lowest BCUT2D eigenvalue weighted by molar-refractivity contribution is -0.113. The molecule has 152 valence electrons. The van der Waals surface area contributed by atoms with Crippen molar-refractivity contribution in [3.8, 4) is 11.3 Å². The van der Waals surface area contributed by atoms with E-state index in [4.69, 9.17) is 11.6 Å². The van der Waals surface area contributed by atoms with E-state index in [0.29, 0.717) is 31.8 Å². The summed E-state index contributed by atoms with van der Waals surface area (Å²) in [4.78, 5) is 29.8. The van der Waals surface area contributed by atoms with Gasteiger partial charge in [-0.05, 0) is 36.7 Å². The molecule has 0 atom stereocenters. The Morgan fingerprint density at radius 1 is 1.23 bits per heavy atom. The average Bonchev–Trinajstić information content (AvgIpc) is 3.14. The van der Waals surface area contributed by atoms with E-state index in [1.165, 1.54) is 16.3 Å². The maximum Gasteiger partial charge on any atom is 0.273 e. The van der Waals surface area contributed by atoms with Crippen molar-refractivity contribution in [3.05, 3.63) is 69.5 Å².